The van der Waals surface area contributed by atoms with Crippen LogP contribution >= 0.6 is 40.0 Å². The Morgan fingerprint density at radius 3 is 2.05 bits per heavy atom. The van der Waals surface area contributed by atoms with Gasteiger partial charge in [-0.25, -0.2) is 0 Å². The Labute approximate surface area is 158 Å². The first kappa shape index (κ1) is 18.0. The minimum absolute atomic E-state index is 0.628. The molecule has 0 atom stereocenters. The van der Waals surface area contributed by atoms with E-state index in [2.05, 4.69) is 40.0 Å². The molecule has 0 radical (unpaired) electrons. The summed E-state index contributed by atoms with van der Waals surface area (Å²) in [6.07, 6.45) is 0. The molecule has 115 valence electrons. The Morgan fingerprint density at radius 1 is 0.864 bits per heavy atom. The fraction of sp³-hybridized carbons (Fsp3) is 0.125. The third kappa shape index (κ3) is 4.56. The molecule has 3 aromatic rings. The number of fused-ring (bicyclic) bond motifs is 1. The van der Waals surface area contributed by atoms with E-state index >= 15 is 0 Å². The minimum atomic E-state index is 0.628. The number of halogens is 2. The van der Waals surface area contributed by atoms with E-state index in [-0.39, 0.29) is 0 Å². The van der Waals surface area contributed by atoms with Crippen LogP contribution in [0.4, 0.5) is 0 Å². The predicted molar refractivity (Wildman–Crippen MR) is 103 cm³/mol. The van der Waals surface area contributed by atoms with Crippen molar-refractivity contribution < 1.29 is 23.4 Å². The molecule has 22 heavy (non-hydrogen) atoms. The monoisotopic (exact) mass is 559 g/mol. The zero-order valence-electron chi connectivity index (χ0n) is 12.0. The molecule has 0 amide bonds. The zero-order chi connectivity index (χ0) is 15.9. The van der Waals surface area contributed by atoms with E-state index in [9.17, 15) is 0 Å². The summed E-state index contributed by atoms with van der Waals surface area (Å²) in [4.78, 5) is 0. The molecule has 0 saturated heterocycles. The van der Waals surface area contributed by atoms with Crippen molar-refractivity contribution in [2.75, 3.05) is 14.2 Å². The van der Waals surface area contributed by atoms with Crippen LogP contribution in [0.1, 0.15) is 0 Å². The molecule has 6 heteroatoms. The second-order valence-electron chi connectivity index (χ2n) is 4.31. The Bertz CT molecular complexity index is 726. The van der Waals surface area contributed by atoms with E-state index in [1.165, 1.54) is 0 Å². The third-order valence-corrected chi connectivity index (χ3v) is 3.10. The fourth-order valence-corrected chi connectivity index (χ4v) is 2.04. The molecule has 3 rings (SSSR count). The molecule has 0 aliphatic carbocycles. The van der Waals surface area contributed by atoms with Crippen LogP contribution in [-0.2, 0) is 9.47 Å². The van der Waals surface area contributed by atoms with Crippen molar-refractivity contribution in [1.82, 2.24) is 0 Å². The van der Waals surface area contributed by atoms with Crippen molar-refractivity contribution >= 4 is 50.9 Å². The summed E-state index contributed by atoms with van der Waals surface area (Å²) in [7, 11) is 3.93. The zero-order valence-corrected chi connectivity index (χ0v) is 17.8. The van der Waals surface area contributed by atoms with Gasteiger partial charge in [0.2, 0.25) is 0 Å². The van der Waals surface area contributed by atoms with Crippen molar-refractivity contribution in [3.05, 3.63) is 48.5 Å². The quantitative estimate of drug-likeness (QED) is 0.376. The molecular weight excluding hydrogens is 545 g/mol. The Hall–Kier alpha value is -0.376. The molecule has 0 bridgehead atoms. The van der Waals surface area contributed by atoms with Crippen molar-refractivity contribution in [3.63, 3.8) is 0 Å². The molecule has 1 aromatic heterocycles. The summed E-state index contributed by atoms with van der Waals surface area (Å²) < 4.78 is 16.2. The number of hydrogen-bond acceptors (Lipinski definition) is 3. The molecular formula is C16H14I2O3V. The second-order valence-corrected chi connectivity index (χ2v) is 16.1. The van der Waals surface area contributed by atoms with E-state index in [0.717, 1.165) is 33.8 Å². The van der Waals surface area contributed by atoms with Gasteiger partial charge in [0.1, 0.15) is 22.8 Å². The van der Waals surface area contributed by atoms with Crippen molar-refractivity contribution in [1.29, 1.82) is 0 Å². The van der Waals surface area contributed by atoms with Crippen LogP contribution in [0, 0.1) is 0 Å². The van der Waals surface area contributed by atoms with Crippen molar-refractivity contribution in [2.45, 2.75) is 0 Å². The number of ether oxygens (including phenoxy) is 2. The van der Waals surface area contributed by atoms with Gasteiger partial charge in [-0.15, -0.1) is 0 Å². The van der Waals surface area contributed by atoms with Gasteiger partial charge in [-0.3, -0.25) is 0 Å². The maximum atomic E-state index is 5.85. The number of methoxy groups -OCH3 is 2. The molecule has 0 fully saturated rings. The summed E-state index contributed by atoms with van der Waals surface area (Å²) in [6.45, 7) is 0. The average Bonchev–Trinajstić information content (AvgIpc) is 2.98. The van der Waals surface area contributed by atoms with E-state index in [1.807, 2.05) is 48.5 Å². The van der Waals surface area contributed by atoms with Gasteiger partial charge >= 0.3 is 49.4 Å². The van der Waals surface area contributed by atoms with Crippen LogP contribution in [0.2, 0.25) is 0 Å². The number of hydrogen-bond donors (Lipinski definition) is 0. The normalized spacial score (nSPS) is 9.82. The molecule has 3 nitrogen and oxygen atoms in total. The first-order valence-corrected chi connectivity index (χ1v) is 15.4. The molecule has 0 N–H and O–H groups in total. The van der Waals surface area contributed by atoms with Gasteiger partial charge in [0, 0.05) is 17.0 Å². The average molecular weight is 559 g/mol. The van der Waals surface area contributed by atoms with Gasteiger partial charge < -0.3 is 13.9 Å². The predicted octanol–water partition coefficient (Wildman–Crippen LogP) is 5.89. The van der Waals surface area contributed by atoms with Gasteiger partial charge in [-0.2, -0.15) is 0 Å². The van der Waals surface area contributed by atoms with Crippen LogP contribution in [-0.4, -0.2) is 14.2 Å². The van der Waals surface area contributed by atoms with Crippen LogP contribution in [0.15, 0.2) is 52.9 Å². The SMILES string of the molecule is COc1ccc(-c2cc3ccc(OC)cc3o2)cc1.[I][V][I]. The summed E-state index contributed by atoms with van der Waals surface area (Å²) >= 11 is 4.74. The molecule has 1 heterocycles. The molecule has 0 saturated carbocycles. The maximum absolute atomic E-state index is 5.85. The first-order valence-electron chi connectivity index (χ1n) is 6.36. The summed E-state index contributed by atoms with van der Waals surface area (Å²) in [5.41, 5.74) is 1.85. The standard InChI is InChI=1S/C16H14O3.2HI.V/c1-17-13-6-3-11(4-7-13)15-9-12-5-8-14(18-2)10-16(12)19-15;;;/h3-10H,1-2H3;2*1H;/q;;;+2/p-2. The van der Waals surface area contributed by atoms with Crippen molar-refractivity contribution in [2.24, 2.45) is 0 Å². The molecule has 2 aromatic carbocycles. The van der Waals surface area contributed by atoms with Gasteiger partial charge in [0.15, 0.2) is 0 Å². The third-order valence-electron chi connectivity index (χ3n) is 3.10. The van der Waals surface area contributed by atoms with E-state index < -0.39 is 0 Å². The Morgan fingerprint density at radius 2 is 1.45 bits per heavy atom. The fourth-order valence-electron chi connectivity index (χ4n) is 2.04. The summed E-state index contributed by atoms with van der Waals surface area (Å²) in [5, 5.41) is 1.06. The summed E-state index contributed by atoms with van der Waals surface area (Å²) in [5.74, 6) is 2.47. The van der Waals surface area contributed by atoms with E-state index in [4.69, 9.17) is 13.9 Å². The van der Waals surface area contributed by atoms with Gasteiger partial charge in [-0.1, -0.05) is 0 Å². The van der Waals surface area contributed by atoms with Crippen LogP contribution in [0.5, 0.6) is 11.5 Å². The molecule has 0 spiro atoms. The van der Waals surface area contributed by atoms with Gasteiger partial charge in [0.05, 0.1) is 14.2 Å². The topological polar surface area (TPSA) is 31.6 Å². The first-order chi connectivity index (χ1) is 10.7. The van der Waals surface area contributed by atoms with Gasteiger partial charge in [0.25, 0.3) is 0 Å². The summed E-state index contributed by atoms with van der Waals surface area (Å²) in [6, 6.07) is 15.6. The second kappa shape index (κ2) is 9.05. The number of rotatable bonds is 3. The Kier molecular flexibility index (Phi) is 7.39. The van der Waals surface area contributed by atoms with Crippen LogP contribution in [0.3, 0.4) is 0 Å². The molecule has 0 aliphatic heterocycles. The van der Waals surface area contributed by atoms with E-state index in [1.54, 1.807) is 14.2 Å². The molecule has 0 unspecified atom stereocenters. The number of furan rings is 1. The van der Waals surface area contributed by atoms with E-state index in [0.29, 0.717) is 9.47 Å². The van der Waals surface area contributed by atoms with Crippen molar-refractivity contribution in [3.8, 4) is 22.8 Å². The van der Waals surface area contributed by atoms with Crippen LogP contribution in [0.25, 0.3) is 22.3 Å². The number of benzene rings is 2. The molecule has 0 aliphatic rings. The van der Waals surface area contributed by atoms with Gasteiger partial charge in [-0.05, 0) is 42.5 Å². The van der Waals surface area contributed by atoms with Crippen LogP contribution < -0.4 is 9.47 Å². The Balaban J connectivity index is 0.000000545.